The number of hydrogen-bond donors (Lipinski definition) is 2. The highest BCUT2D eigenvalue weighted by atomic mass is 19.1. The molecule has 3 N–H and O–H groups in total. The molecule has 0 radical (unpaired) electrons. The molecule has 0 aromatic heterocycles. The van der Waals surface area contributed by atoms with Crippen LogP contribution in [0.5, 0.6) is 0 Å². The van der Waals surface area contributed by atoms with Crippen molar-refractivity contribution in [2.75, 3.05) is 6.54 Å². The summed E-state index contributed by atoms with van der Waals surface area (Å²) >= 11 is 0. The number of rotatable bonds is 5. The topological polar surface area (TPSA) is 46.2 Å². The van der Waals surface area contributed by atoms with Gasteiger partial charge in [-0.15, -0.1) is 0 Å². The largest absolute Gasteiger partial charge is 0.388 e. The van der Waals surface area contributed by atoms with Crippen LogP contribution in [0.3, 0.4) is 0 Å². The van der Waals surface area contributed by atoms with Gasteiger partial charge in [-0.1, -0.05) is 31.2 Å². The number of halogens is 2. The van der Waals surface area contributed by atoms with Crippen molar-refractivity contribution in [3.05, 3.63) is 71.3 Å². The van der Waals surface area contributed by atoms with Crippen LogP contribution in [0.2, 0.25) is 0 Å². The maximum absolute atomic E-state index is 13.5. The van der Waals surface area contributed by atoms with Crippen LogP contribution in [0.1, 0.15) is 30.4 Å². The zero-order valence-electron chi connectivity index (χ0n) is 11.9. The lowest BCUT2D eigenvalue weighted by atomic mass is 9.76. The van der Waals surface area contributed by atoms with Crippen molar-refractivity contribution in [1.29, 1.82) is 0 Å². The van der Waals surface area contributed by atoms with Gasteiger partial charge in [0, 0.05) is 12.5 Å². The van der Waals surface area contributed by atoms with E-state index in [2.05, 4.69) is 0 Å². The molecule has 0 fully saturated rings. The molecule has 2 aromatic carbocycles. The lowest BCUT2D eigenvalue weighted by Gasteiger charge is -2.35. The molecule has 2 aromatic rings. The third kappa shape index (κ3) is 3.28. The summed E-state index contributed by atoms with van der Waals surface area (Å²) in [6.07, 6.45) is 0.376. The van der Waals surface area contributed by atoms with Gasteiger partial charge >= 0.3 is 0 Å². The van der Waals surface area contributed by atoms with E-state index in [0.717, 1.165) is 0 Å². The molecule has 2 nitrogen and oxygen atoms in total. The zero-order chi connectivity index (χ0) is 15.5. The van der Waals surface area contributed by atoms with Gasteiger partial charge in [-0.05, 0) is 41.8 Å². The summed E-state index contributed by atoms with van der Waals surface area (Å²) in [7, 11) is 0. The van der Waals surface area contributed by atoms with E-state index in [4.69, 9.17) is 5.73 Å². The molecule has 0 aliphatic rings. The van der Waals surface area contributed by atoms with Crippen LogP contribution in [-0.2, 0) is 0 Å². The molecule has 0 aliphatic heterocycles. The van der Waals surface area contributed by atoms with Gasteiger partial charge in [0.2, 0.25) is 0 Å². The maximum Gasteiger partial charge on any atom is 0.123 e. The molecule has 112 valence electrons. The Hall–Kier alpha value is -1.78. The Balaban J connectivity index is 2.59. The van der Waals surface area contributed by atoms with Crippen LogP contribution in [0.25, 0.3) is 0 Å². The van der Waals surface area contributed by atoms with Crippen molar-refractivity contribution in [2.45, 2.75) is 24.9 Å². The van der Waals surface area contributed by atoms with Gasteiger partial charge in [0.15, 0.2) is 0 Å². The molecular formula is C17H19F2NO. The summed E-state index contributed by atoms with van der Waals surface area (Å²) < 4.78 is 27.1. The first-order valence-corrected chi connectivity index (χ1v) is 6.93. The van der Waals surface area contributed by atoms with E-state index >= 15 is 0 Å². The molecule has 0 spiro atoms. The first-order chi connectivity index (χ1) is 10.00. The van der Waals surface area contributed by atoms with Crippen molar-refractivity contribution in [3.63, 3.8) is 0 Å². The number of hydrogen-bond acceptors (Lipinski definition) is 2. The fraction of sp³-hybridized carbons (Fsp3) is 0.294. The van der Waals surface area contributed by atoms with Gasteiger partial charge in [0.25, 0.3) is 0 Å². The van der Waals surface area contributed by atoms with E-state index in [1.807, 2.05) is 0 Å². The number of aliphatic hydroxyl groups is 1. The fourth-order valence-corrected chi connectivity index (χ4v) is 2.65. The quantitative estimate of drug-likeness (QED) is 0.888. The Bertz CT molecular complexity index is 566. The van der Waals surface area contributed by atoms with Crippen molar-refractivity contribution in [1.82, 2.24) is 0 Å². The van der Waals surface area contributed by atoms with Crippen molar-refractivity contribution < 1.29 is 13.9 Å². The summed E-state index contributed by atoms with van der Waals surface area (Å²) in [5.41, 5.74) is 5.63. The highest BCUT2D eigenvalue weighted by Gasteiger charge is 2.36. The first-order valence-electron chi connectivity index (χ1n) is 6.93. The smallest absolute Gasteiger partial charge is 0.123 e. The second kappa shape index (κ2) is 6.33. The van der Waals surface area contributed by atoms with Gasteiger partial charge in [-0.3, -0.25) is 0 Å². The van der Waals surface area contributed by atoms with E-state index in [-0.39, 0.29) is 6.54 Å². The molecule has 1 unspecified atom stereocenters. The Kier molecular flexibility index (Phi) is 4.70. The Morgan fingerprint density at radius 3 is 1.86 bits per heavy atom. The molecule has 0 bridgehead atoms. The van der Waals surface area contributed by atoms with Crippen LogP contribution >= 0.6 is 0 Å². The SMILES string of the molecule is CCC(O)(CN)C(c1cccc(F)c1)c1cccc(F)c1. The van der Waals surface area contributed by atoms with Crippen LogP contribution < -0.4 is 5.73 Å². The molecule has 0 aliphatic carbocycles. The van der Waals surface area contributed by atoms with E-state index in [9.17, 15) is 13.9 Å². The molecule has 0 heterocycles. The molecule has 0 amide bonds. The van der Waals surface area contributed by atoms with E-state index in [1.54, 1.807) is 31.2 Å². The molecule has 0 saturated heterocycles. The van der Waals surface area contributed by atoms with Gasteiger partial charge in [-0.2, -0.15) is 0 Å². The third-order valence-corrected chi connectivity index (χ3v) is 3.87. The van der Waals surface area contributed by atoms with Crippen LogP contribution in [0.15, 0.2) is 48.5 Å². The first kappa shape index (κ1) is 15.6. The molecule has 2 rings (SSSR count). The molecule has 21 heavy (non-hydrogen) atoms. The highest BCUT2D eigenvalue weighted by molar-refractivity contribution is 5.36. The minimum Gasteiger partial charge on any atom is -0.388 e. The van der Waals surface area contributed by atoms with E-state index < -0.39 is 23.2 Å². The fourth-order valence-electron chi connectivity index (χ4n) is 2.65. The van der Waals surface area contributed by atoms with E-state index in [0.29, 0.717) is 17.5 Å². The van der Waals surface area contributed by atoms with Crippen LogP contribution in [0, 0.1) is 11.6 Å². The molecule has 0 saturated carbocycles. The van der Waals surface area contributed by atoms with Gasteiger partial charge in [0.05, 0.1) is 5.60 Å². The Labute approximate surface area is 123 Å². The van der Waals surface area contributed by atoms with E-state index in [1.165, 1.54) is 24.3 Å². The summed E-state index contributed by atoms with van der Waals surface area (Å²) in [6, 6.07) is 12.0. The minimum absolute atomic E-state index is 0.00118. The monoisotopic (exact) mass is 291 g/mol. The van der Waals surface area contributed by atoms with Crippen LogP contribution in [-0.4, -0.2) is 17.3 Å². The molecule has 1 atom stereocenters. The van der Waals surface area contributed by atoms with Crippen molar-refractivity contribution >= 4 is 0 Å². The summed E-state index contributed by atoms with van der Waals surface area (Å²) in [5.74, 6) is -1.38. The minimum atomic E-state index is -1.26. The third-order valence-electron chi connectivity index (χ3n) is 3.87. The van der Waals surface area contributed by atoms with Crippen LogP contribution in [0.4, 0.5) is 8.78 Å². The summed E-state index contributed by atoms with van der Waals surface area (Å²) in [5, 5.41) is 10.8. The second-order valence-electron chi connectivity index (χ2n) is 5.20. The van der Waals surface area contributed by atoms with Crippen molar-refractivity contribution in [2.24, 2.45) is 5.73 Å². The number of benzene rings is 2. The summed E-state index contributed by atoms with van der Waals surface area (Å²) in [6.45, 7) is 1.81. The second-order valence-corrected chi connectivity index (χ2v) is 5.20. The predicted molar refractivity (Wildman–Crippen MR) is 78.9 cm³/mol. The Morgan fingerprint density at radius 2 is 1.52 bits per heavy atom. The average Bonchev–Trinajstić information content (AvgIpc) is 2.47. The Morgan fingerprint density at radius 1 is 1.05 bits per heavy atom. The van der Waals surface area contributed by atoms with Gasteiger partial charge in [-0.25, -0.2) is 8.78 Å². The summed E-state index contributed by atoms with van der Waals surface area (Å²) in [4.78, 5) is 0. The van der Waals surface area contributed by atoms with Gasteiger partial charge in [0.1, 0.15) is 11.6 Å². The lowest BCUT2D eigenvalue weighted by molar-refractivity contribution is 0.0283. The molecular weight excluding hydrogens is 272 g/mol. The average molecular weight is 291 g/mol. The zero-order valence-corrected chi connectivity index (χ0v) is 11.9. The standard InChI is InChI=1S/C17H19F2NO/c1-2-17(21,11-20)16(12-5-3-7-14(18)9-12)13-6-4-8-15(19)10-13/h3-10,16,21H,2,11,20H2,1H3. The normalized spacial score (nSPS) is 14.2. The van der Waals surface area contributed by atoms with Crippen molar-refractivity contribution in [3.8, 4) is 0 Å². The lowest BCUT2D eigenvalue weighted by Crippen LogP contribution is -2.43. The number of nitrogens with two attached hydrogens (primary N) is 1. The highest BCUT2D eigenvalue weighted by Crippen LogP contribution is 2.37. The van der Waals surface area contributed by atoms with Gasteiger partial charge < -0.3 is 10.8 Å². The maximum atomic E-state index is 13.5. The molecule has 4 heteroatoms. The predicted octanol–water partition coefficient (Wildman–Crippen LogP) is 3.20.